The summed E-state index contributed by atoms with van der Waals surface area (Å²) < 4.78 is 5.20. The van der Waals surface area contributed by atoms with Crippen molar-refractivity contribution in [3.05, 3.63) is 68.9 Å². The van der Waals surface area contributed by atoms with E-state index in [2.05, 4.69) is 9.98 Å². The third-order valence-corrected chi connectivity index (χ3v) is 3.93. The van der Waals surface area contributed by atoms with Crippen molar-refractivity contribution in [3.63, 3.8) is 0 Å². The molecule has 126 valence electrons. The van der Waals surface area contributed by atoms with Crippen LogP contribution in [0.3, 0.4) is 0 Å². The van der Waals surface area contributed by atoms with E-state index >= 15 is 0 Å². The van der Waals surface area contributed by atoms with Gasteiger partial charge in [0.15, 0.2) is 5.69 Å². The van der Waals surface area contributed by atoms with Crippen LogP contribution >= 0.6 is 11.6 Å². The molecule has 0 atom stereocenters. The molecule has 1 heterocycles. The van der Waals surface area contributed by atoms with E-state index in [1.165, 1.54) is 30.5 Å². The van der Waals surface area contributed by atoms with Crippen molar-refractivity contribution < 1.29 is 14.4 Å². The van der Waals surface area contributed by atoms with Crippen LogP contribution in [0.5, 0.6) is 5.95 Å². The molecular formula is C17H12ClN3O4. The molecule has 7 nitrogen and oxygen atoms in total. The maximum absolute atomic E-state index is 10.7. The molecule has 0 radical (unpaired) electrons. The predicted octanol–water partition coefficient (Wildman–Crippen LogP) is 4.67. The van der Waals surface area contributed by atoms with E-state index in [0.29, 0.717) is 16.3 Å². The van der Waals surface area contributed by atoms with Gasteiger partial charge in [0.1, 0.15) is 0 Å². The van der Waals surface area contributed by atoms with Crippen molar-refractivity contribution in [2.45, 2.75) is 6.92 Å². The third-order valence-electron chi connectivity index (χ3n) is 3.52. The van der Waals surface area contributed by atoms with Gasteiger partial charge in [0.25, 0.3) is 5.69 Å². The van der Waals surface area contributed by atoms with E-state index in [1.807, 2.05) is 6.92 Å². The maximum Gasteiger partial charge on any atom is 0.312 e. The summed E-state index contributed by atoms with van der Waals surface area (Å²) in [5, 5.41) is 21.1. The van der Waals surface area contributed by atoms with Crippen molar-refractivity contribution >= 4 is 29.2 Å². The fourth-order valence-corrected chi connectivity index (χ4v) is 2.29. The standard InChI is InChI=1S/C17H12ClN3O4/c1-10-13(18)3-2-4-14(10)19-9-15-17(22)25-16(20-15)11-5-7-12(8-6-11)21(23)24/h2-9,22H,1H3. The molecule has 3 rings (SSSR count). The van der Waals surface area contributed by atoms with Gasteiger partial charge in [-0.25, -0.2) is 4.98 Å². The number of aliphatic imine (C=N–C) groups is 1. The Balaban J connectivity index is 1.88. The van der Waals surface area contributed by atoms with Gasteiger partial charge < -0.3 is 9.52 Å². The minimum Gasteiger partial charge on any atom is -0.479 e. The molecule has 0 aliphatic carbocycles. The average molecular weight is 358 g/mol. The third kappa shape index (κ3) is 3.51. The van der Waals surface area contributed by atoms with Crippen LogP contribution < -0.4 is 0 Å². The highest BCUT2D eigenvalue weighted by Crippen LogP contribution is 2.28. The van der Waals surface area contributed by atoms with Crippen molar-refractivity contribution in [1.29, 1.82) is 0 Å². The van der Waals surface area contributed by atoms with Gasteiger partial charge in [-0.05, 0) is 36.8 Å². The highest BCUT2D eigenvalue weighted by molar-refractivity contribution is 6.31. The van der Waals surface area contributed by atoms with Gasteiger partial charge in [0.2, 0.25) is 5.89 Å². The summed E-state index contributed by atoms with van der Waals surface area (Å²) >= 11 is 6.04. The zero-order valence-corrected chi connectivity index (χ0v) is 13.8. The van der Waals surface area contributed by atoms with Crippen molar-refractivity contribution in [3.8, 4) is 17.4 Å². The summed E-state index contributed by atoms with van der Waals surface area (Å²) in [7, 11) is 0. The molecule has 2 aromatic carbocycles. The molecule has 0 aliphatic heterocycles. The summed E-state index contributed by atoms with van der Waals surface area (Å²) in [4.78, 5) is 18.6. The Bertz CT molecular complexity index is 965. The number of rotatable bonds is 4. The first-order chi connectivity index (χ1) is 12.0. The first-order valence-electron chi connectivity index (χ1n) is 7.19. The lowest BCUT2D eigenvalue weighted by molar-refractivity contribution is -0.384. The minimum absolute atomic E-state index is 0.0438. The molecule has 0 saturated heterocycles. The highest BCUT2D eigenvalue weighted by atomic mass is 35.5. The lowest BCUT2D eigenvalue weighted by atomic mass is 10.2. The Kier molecular flexibility index (Phi) is 4.49. The number of aromatic nitrogens is 1. The summed E-state index contributed by atoms with van der Waals surface area (Å²) in [5.41, 5.74) is 2.05. The maximum atomic E-state index is 10.7. The number of aromatic hydroxyl groups is 1. The highest BCUT2D eigenvalue weighted by Gasteiger charge is 2.14. The molecule has 8 heteroatoms. The number of non-ortho nitro benzene ring substituents is 1. The normalized spacial score (nSPS) is 11.1. The average Bonchev–Trinajstić information content (AvgIpc) is 2.97. The molecular weight excluding hydrogens is 346 g/mol. The summed E-state index contributed by atoms with van der Waals surface area (Å²) in [5.74, 6) is -0.256. The fourth-order valence-electron chi connectivity index (χ4n) is 2.12. The second kappa shape index (κ2) is 6.74. The van der Waals surface area contributed by atoms with Crippen LogP contribution in [0.1, 0.15) is 11.3 Å². The predicted molar refractivity (Wildman–Crippen MR) is 93.7 cm³/mol. The Labute approximate surface area is 147 Å². The van der Waals surface area contributed by atoms with Crippen molar-refractivity contribution in [2.24, 2.45) is 4.99 Å². The summed E-state index contributed by atoms with van der Waals surface area (Å²) in [6, 6.07) is 11.0. The Morgan fingerprint density at radius 1 is 1.28 bits per heavy atom. The van der Waals surface area contributed by atoms with E-state index in [0.717, 1.165) is 5.56 Å². The van der Waals surface area contributed by atoms with Gasteiger partial charge >= 0.3 is 5.95 Å². The van der Waals surface area contributed by atoms with E-state index in [4.69, 9.17) is 16.0 Å². The van der Waals surface area contributed by atoms with Crippen LogP contribution in [0.15, 0.2) is 51.9 Å². The number of hydrogen-bond donors (Lipinski definition) is 1. The van der Waals surface area contributed by atoms with Gasteiger partial charge in [0.05, 0.1) is 16.8 Å². The van der Waals surface area contributed by atoms with Crippen LogP contribution in [-0.2, 0) is 0 Å². The van der Waals surface area contributed by atoms with E-state index in [-0.39, 0.29) is 17.3 Å². The number of nitro groups is 1. The molecule has 0 aliphatic rings. The molecule has 0 bridgehead atoms. The topological polar surface area (TPSA) is 102 Å². The number of nitrogens with zero attached hydrogens (tertiary/aromatic N) is 3. The van der Waals surface area contributed by atoms with E-state index in [9.17, 15) is 15.2 Å². The number of benzene rings is 2. The quantitative estimate of drug-likeness (QED) is 0.415. The SMILES string of the molecule is Cc1c(Cl)cccc1N=Cc1nc(-c2ccc([N+](=O)[O-])cc2)oc1O. The van der Waals surface area contributed by atoms with Gasteiger partial charge in [0, 0.05) is 22.7 Å². The fraction of sp³-hybridized carbons (Fsp3) is 0.0588. The Morgan fingerprint density at radius 2 is 2.00 bits per heavy atom. The van der Waals surface area contributed by atoms with Crippen LogP contribution in [0.25, 0.3) is 11.5 Å². The lowest BCUT2D eigenvalue weighted by Crippen LogP contribution is -1.87. The zero-order valence-electron chi connectivity index (χ0n) is 13.0. The molecule has 1 aromatic heterocycles. The van der Waals surface area contributed by atoms with Crippen LogP contribution in [0.4, 0.5) is 11.4 Å². The van der Waals surface area contributed by atoms with Gasteiger partial charge in [-0.2, -0.15) is 0 Å². The van der Waals surface area contributed by atoms with Crippen LogP contribution in [0, 0.1) is 17.0 Å². The number of oxazole rings is 1. The number of nitro benzene ring substituents is 1. The second-order valence-electron chi connectivity index (χ2n) is 5.16. The van der Waals surface area contributed by atoms with Gasteiger partial charge in [-0.15, -0.1) is 0 Å². The van der Waals surface area contributed by atoms with E-state index in [1.54, 1.807) is 18.2 Å². The van der Waals surface area contributed by atoms with Crippen LogP contribution in [-0.4, -0.2) is 21.2 Å². The molecule has 1 N–H and O–H groups in total. The van der Waals surface area contributed by atoms with Gasteiger partial charge in [-0.3, -0.25) is 15.1 Å². The first-order valence-corrected chi connectivity index (χ1v) is 7.57. The second-order valence-corrected chi connectivity index (χ2v) is 5.56. The first kappa shape index (κ1) is 16.7. The van der Waals surface area contributed by atoms with Crippen LogP contribution in [0.2, 0.25) is 5.02 Å². The van der Waals surface area contributed by atoms with Crippen molar-refractivity contribution in [2.75, 3.05) is 0 Å². The molecule has 0 saturated carbocycles. The Morgan fingerprint density at radius 3 is 2.68 bits per heavy atom. The molecule has 0 unspecified atom stereocenters. The number of hydrogen-bond acceptors (Lipinski definition) is 6. The minimum atomic E-state index is -0.498. The largest absolute Gasteiger partial charge is 0.479 e. The van der Waals surface area contributed by atoms with E-state index < -0.39 is 10.9 Å². The lowest BCUT2D eigenvalue weighted by Gasteiger charge is -2.00. The van der Waals surface area contributed by atoms with Gasteiger partial charge in [-0.1, -0.05) is 17.7 Å². The zero-order chi connectivity index (χ0) is 18.0. The molecule has 3 aromatic rings. The number of halogens is 1. The molecule has 25 heavy (non-hydrogen) atoms. The molecule has 0 spiro atoms. The molecule has 0 amide bonds. The summed E-state index contributed by atoms with van der Waals surface area (Å²) in [6.45, 7) is 1.83. The van der Waals surface area contributed by atoms with Crippen molar-refractivity contribution in [1.82, 2.24) is 4.98 Å². The monoisotopic (exact) mass is 357 g/mol. The Hall–Kier alpha value is -3.19. The molecule has 0 fully saturated rings. The summed E-state index contributed by atoms with van der Waals surface area (Å²) in [6.07, 6.45) is 1.37. The smallest absolute Gasteiger partial charge is 0.312 e.